The summed E-state index contributed by atoms with van der Waals surface area (Å²) in [4.78, 5) is 114. The number of carbonyl (C=O) groups excluding carboxylic acids is 8. The van der Waals surface area contributed by atoms with E-state index in [-0.39, 0.29) is 38.9 Å². The number of allylic oxidation sites excluding steroid dienone is 1. The number of ether oxygens (including phenoxy) is 11. The van der Waals surface area contributed by atoms with Crippen LogP contribution in [0.4, 0.5) is 0 Å². The molecule has 9 rings (SSSR count). The maximum Gasteiger partial charge on any atom is 0.338 e. The van der Waals surface area contributed by atoms with Crippen molar-refractivity contribution >= 4 is 47.8 Å². The summed E-state index contributed by atoms with van der Waals surface area (Å²) in [6.45, 7) is -1.09. The van der Waals surface area contributed by atoms with E-state index >= 15 is 0 Å². The van der Waals surface area contributed by atoms with Gasteiger partial charge in [-0.05, 0) is 91.9 Å². The van der Waals surface area contributed by atoms with E-state index in [0.717, 1.165) is 6.08 Å². The SMILES string of the molecule is C/C=C/C(=O)OC[C@H]1O[C@@](COC(=O)c2ccccc2)(O[C@H]2O[C@H](COC(=O)c3ccccc3)[C@@H](OC(=O)c3ccccc3)[C@H](OC(=O)c3ccccc3)[C@H]2OC(=O)c2ccccc2)[C@@H](OC(=O)c2ccccc2)[C@@H]1OC(=O)c1ccccc1. The first kappa shape index (κ1) is 58.6. The summed E-state index contributed by atoms with van der Waals surface area (Å²) >= 11 is 0. The second-order valence-electron chi connectivity index (χ2n) is 18.8. The fourth-order valence-electron chi connectivity index (χ4n) is 9.02. The summed E-state index contributed by atoms with van der Waals surface area (Å²) in [6, 6.07) is 53.6. The molecular formula is C65H54O19. The Balaban J connectivity index is 1.24. The van der Waals surface area contributed by atoms with Crippen molar-refractivity contribution < 1.29 is 90.5 Å². The maximum absolute atomic E-state index is 14.6. The fourth-order valence-corrected chi connectivity index (χ4v) is 9.02. The zero-order valence-corrected chi connectivity index (χ0v) is 44.9. The molecule has 2 aliphatic heterocycles. The molecule has 2 saturated heterocycles. The van der Waals surface area contributed by atoms with E-state index in [0.29, 0.717) is 0 Å². The highest BCUT2D eigenvalue weighted by Crippen LogP contribution is 2.43. The molecule has 19 heteroatoms. The molecule has 0 N–H and O–H groups in total. The van der Waals surface area contributed by atoms with Crippen LogP contribution in [0, 0.1) is 0 Å². The first-order valence-corrected chi connectivity index (χ1v) is 26.4. The van der Waals surface area contributed by atoms with Gasteiger partial charge in [0.15, 0.2) is 30.5 Å². The van der Waals surface area contributed by atoms with Crippen molar-refractivity contribution in [2.45, 2.75) is 61.7 Å². The minimum Gasteiger partial charge on any atom is -0.460 e. The third-order valence-corrected chi connectivity index (χ3v) is 13.1. The van der Waals surface area contributed by atoms with Gasteiger partial charge in [-0.25, -0.2) is 38.4 Å². The van der Waals surface area contributed by atoms with E-state index in [1.54, 1.807) is 134 Å². The highest BCUT2D eigenvalue weighted by molar-refractivity contribution is 5.93. The molecule has 9 atom stereocenters. The highest BCUT2D eigenvalue weighted by Gasteiger charge is 2.65. The molecule has 84 heavy (non-hydrogen) atoms. The normalized spacial score (nSPS) is 21.6. The number of esters is 8. The minimum atomic E-state index is -2.83. The molecule has 2 aliphatic rings. The summed E-state index contributed by atoms with van der Waals surface area (Å²) in [6.07, 6.45) is -13.1. The first-order chi connectivity index (χ1) is 40.9. The Bertz CT molecular complexity index is 3400. The Morgan fingerprint density at radius 1 is 0.381 bits per heavy atom. The third kappa shape index (κ3) is 14.7. The van der Waals surface area contributed by atoms with Crippen LogP contribution in [0.5, 0.6) is 0 Å². The van der Waals surface area contributed by atoms with Crippen LogP contribution in [0.2, 0.25) is 0 Å². The molecule has 19 nitrogen and oxygen atoms in total. The maximum atomic E-state index is 14.6. The quantitative estimate of drug-likeness (QED) is 0.0371. The summed E-state index contributed by atoms with van der Waals surface area (Å²) in [5.41, 5.74) is 0.0377. The zero-order valence-electron chi connectivity index (χ0n) is 44.9. The van der Waals surface area contributed by atoms with Crippen molar-refractivity contribution in [1.29, 1.82) is 0 Å². The predicted octanol–water partition coefficient (Wildman–Crippen LogP) is 8.78. The fraction of sp³-hybridized carbons (Fsp3) is 0.200. The Morgan fingerprint density at radius 3 is 1.12 bits per heavy atom. The van der Waals surface area contributed by atoms with Gasteiger partial charge in [0.2, 0.25) is 12.1 Å². The predicted molar refractivity (Wildman–Crippen MR) is 295 cm³/mol. The summed E-state index contributed by atoms with van der Waals surface area (Å²) in [5, 5.41) is 0. The molecule has 0 saturated carbocycles. The lowest BCUT2D eigenvalue weighted by atomic mass is 9.97. The second kappa shape index (κ2) is 28.1. The van der Waals surface area contributed by atoms with Gasteiger partial charge in [-0.2, -0.15) is 0 Å². The van der Waals surface area contributed by atoms with Crippen molar-refractivity contribution in [3.8, 4) is 0 Å². The van der Waals surface area contributed by atoms with Crippen molar-refractivity contribution in [1.82, 2.24) is 0 Å². The number of rotatable bonds is 21. The van der Waals surface area contributed by atoms with E-state index in [1.807, 2.05) is 0 Å². The Morgan fingerprint density at radius 2 is 0.714 bits per heavy atom. The van der Waals surface area contributed by atoms with Gasteiger partial charge >= 0.3 is 47.8 Å². The van der Waals surface area contributed by atoms with Crippen LogP contribution in [-0.2, 0) is 56.9 Å². The van der Waals surface area contributed by atoms with Gasteiger partial charge in [0, 0.05) is 6.08 Å². The van der Waals surface area contributed by atoms with E-state index in [9.17, 15) is 38.4 Å². The number of hydrogen-bond acceptors (Lipinski definition) is 19. The molecule has 0 bridgehead atoms. The van der Waals surface area contributed by atoms with Gasteiger partial charge in [-0.3, -0.25) is 0 Å². The summed E-state index contributed by atoms with van der Waals surface area (Å²) in [7, 11) is 0. The van der Waals surface area contributed by atoms with Gasteiger partial charge in [-0.1, -0.05) is 133 Å². The zero-order chi connectivity index (χ0) is 58.8. The lowest BCUT2D eigenvalue weighted by Crippen LogP contribution is -2.66. The van der Waals surface area contributed by atoms with Crippen molar-refractivity contribution in [2.75, 3.05) is 19.8 Å². The van der Waals surface area contributed by atoms with Crippen LogP contribution in [0.15, 0.2) is 224 Å². The molecular weight excluding hydrogens is 1080 g/mol. The number of carbonyl (C=O) groups is 8. The lowest BCUT2D eigenvalue weighted by Gasteiger charge is -2.46. The summed E-state index contributed by atoms with van der Waals surface area (Å²) in [5.74, 6) is -10.7. The molecule has 7 aromatic carbocycles. The molecule has 0 aromatic heterocycles. The standard InChI is InChI=1S/C65H54O19/c1-2-24-51(66)74-40-50-53(79-60(70)45-31-16-6-17-32-45)56(82-63(73)48-37-22-9-23-38-48)65(83-50,41-76-58(68)43-27-12-4-13-28-43)84-64-55(81-62(72)47-35-20-8-21-36-47)54(80-61(71)46-33-18-7-19-34-46)52(78-59(69)44-29-14-5-15-30-44)49(77-64)39-75-57(67)42-25-10-3-11-26-42/h2-38,49-50,52-56,64H,39-41H2,1H3/b24-2+/t49-,50-,52-,53-,54+,55-,56+,64-,65+/m1/s1. The van der Waals surface area contributed by atoms with Crippen LogP contribution in [0.25, 0.3) is 0 Å². The number of benzene rings is 7. The van der Waals surface area contributed by atoms with Crippen LogP contribution in [0.1, 0.15) is 79.4 Å². The average molecular weight is 1140 g/mol. The monoisotopic (exact) mass is 1140 g/mol. The van der Waals surface area contributed by atoms with E-state index in [4.69, 9.17) is 52.1 Å². The van der Waals surface area contributed by atoms with Gasteiger partial charge < -0.3 is 52.1 Å². The first-order valence-electron chi connectivity index (χ1n) is 26.4. The smallest absolute Gasteiger partial charge is 0.338 e. The lowest BCUT2D eigenvalue weighted by molar-refractivity contribution is -0.380. The van der Waals surface area contributed by atoms with Crippen LogP contribution >= 0.6 is 0 Å². The van der Waals surface area contributed by atoms with Gasteiger partial charge in [0.05, 0.1) is 38.9 Å². The topological polar surface area (TPSA) is 238 Å². The van der Waals surface area contributed by atoms with Crippen LogP contribution < -0.4 is 0 Å². The van der Waals surface area contributed by atoms with Gasteiger partial charge in [-0.15, -0.1) is 0 Å². The van der Waals surface area contributed by atoms with Crippen molar-refractivity contribution in [3.05, 3.63) is 263 Å². The molecule has 2 heterocycles. The van der Waals surface area contributed by atoms with E-state index in [1.165, 1.54) is 91.0 Å². The third-order valence-electron chi connectivity index (χ3n) is 13.1. The largest absolute Gasteiger partial charge is 0.460 e. The Kier molecular flexibility index (Phi) is 19.6. The van der Waals surface area contributed by atoms with Crippen molar-refractivity contribution in [3.63, 3.8) is 0 Å². The molecule has 0 amide bonds. The molecule has 428 valence electrons. The van der Waals surface area contributed by atoms with E-state index < -0.39 is 122 Å². The average Bonchev–Trinajstić information content (AvgIpc) is 2.24. The molecule has 2 fully saturated rings. The molecule has 0 radical (unpaired) electrons. The summed E-state index contributed by atoms with van der Waals surface area (Å²) < 4.78 is 69.4. The number of hydrogen-bond donors (Lipinski definition) is 0. The van der Waals surface area contributed by atoms with Crippen LogP contribution in [-0.4, -0.2) is 122 Å². The molecule has 0 spiro atoms. The Labute approximate surface area is 481 Å². The Hall–Kier alpha value is -10.1. The van der Waals surface area contributed by atoms with E-state index in [2.05, 4.69) is 0 Å². The van der Waals surface area contributed by atoms with Gasteiger partial charge in [0.25, 0.3) is 0 Å². The minimum absolute atomic E-state index is 0.0137. The second-order valence-corrected chi connectivity index (χ2v) is 18.8. The molecule has 7 aromatic rings. The van der Waals surface area contributed by atoms with Crippen LogP contribution in [0.3, 0.4) is 0 Å². The molecule has 0 unspecified atom stereocenters. The highest BCUT2D eigenvalue weighted by atomic mass is 16.8. The van der Waals surface area contributed by atoms with Gasteiger partial charge in [0.1, 0.15) is 32.0 Å². The van der Waals surface area contributed by atoms with Crippen molar-refractivity contribution in [2.24, 2.45) is 0 Å². The molecule has 0 aliphatic carbocycles.